The largest absolute Gasteiger partial charge is 0.314 e. The number of ketones is 1. The molecule has 0 bridgehead atoms. The van der Waals surface area contributed by atoms with Gasteiger partial charge in [-0.05, 0) is 12.0 Å². The molecular weight excluding hydrogens is 198 g/mol. The van der Waals surface area contributed by atoms with Gasteiger partial charge in [-0.2, -0.15) is 0 Å². The van der Waals surface area contributed by atoms with Crippen LogP contribution in [0.25, 0.3) is 0 Å². The molecule has 88 valence electrons. The van der Waals surface area contributed by atoms with Gasteiger partial charge in [0.1, 0.15) is 5.78 Å². The number of hydrogen-bond acceptors (Lipinski definition) is 2. The predicted octanol–water partition coefficient (Wildman–Crippen LogP) is 2.58. The zero-order valence-electron chi connectivity index (χ0n) is 10.2. The van der Waals surface area contributed by atoms with Crippen LogP contribution in [0.4, 0.5) is 0 Å². The number of rotatable bonds is 7. The summed E-state index contributed by atoms with van der Waals surface area (Å²) in [5.41, 5.74) is 1.24. The topological polar surface area (TPSA) is 29.1 Å². The van der Waals surface area contributed by atoms with Gasteiger partial charge in [-0.15, -0.1) is 0 Å². The highest BCUT2D eigenvalue weighted by atomic mass is 16.1. The minimum absolute atomic E-state index is 0.344. The Morgan fingerprint density at radius 3 is 2.50 bits per heavy atom. The van der Waals surface area contributed by atoms with E-state index in [0.29, 0.717) is 24.7 Å². The Labute approximate surface area is 98.1 Å². The van der Waals surface area contributed by atoms with E-state index in [1.807, 2.05) is 18.2 Å². The smallest absolute Gasteiger partial charge is 0.134 e. The molecule has 0 heterocycles. The molecule has 0 spiro atoms. The van der Waals surface area contributed by atoms with E-state index in [4.69, 9.17) is 0 Å². The van der Waals surface area contributed by atoms with Gasteiger partial charge in [0.25, 0.3) is 0 Å². The maximum atomic E-state index is 11.6. The summed E-state index contributed by atoms with van der Waals surface area (Å²) in [6.07, 6.45) is 2.16. The first kappa shape index (κ1) is 12.9. The van der Waals surface area contributed by atoms with Crippen LogP contribution >= 0.6 is 0 Å². The highest BCUT2D eigenvalue weighted by Crippen LogP contribution is 2.03. The average Bonchev–Trinajstić information content (AvgIpc) is 2.27. The molecule has 0 atom stereocenters. The van der Waals surface area contributed by atoms with Crippen molar-refractivity contribution in [3.63, 3.8) is 0 Å². The fraction of sp³-hybridized carbons (Fsp3) is 0.500. The Kier molecular flexibility index (Phi) is 5.79. The second-order valence-electron chi connectivity index (χ2n) is 4.38. The molecule has 0 aromatic heterocycles. The summed E-state index contributed by atoms with van der Waals surface area (Å²) in [5.74, 6) is 0.344. The van der Waals surface area contributed by atoms with E-state index in [2.05, 4.69) is 31.3 Å². The van der Waals surface area contributed by atoms with Crippen molar-refractivity contribution in [2.45, 2.75) is 39.2 Å². The molecular formula is C14H21NO. The zero-order valence-corrected chi connectivity index (χ0v) is 10.2. The highest BCUT2D eigenvalue weighted by molar-refractivity contribution is 5.78. The molecule has 1 aromatic carbocycles. The summed E-state index contributed by atoms with van der Waals surface area (Å²) in [4.78, 5) is 11.6. The second-order valence-corrected chi connectivity index (χ2v) is 4.38. The van der Waals surface area contributed by atoms with Crippen LogP contribution in [0.2, 0.25) is 0 Å². The molecule has 1 rings (SSSR count). The van der Waals surface area contributed by atoms with Crippen molar-refractivity contribution < 1.29 is 4.79 Å². The second kappa shape index (κ2) is 7.18. The van der Waals surface area contributed by atoms with Gasteiger partial charge in [0.15, 0.2) is 0 Å². The van der Waals surface area contributed by atoms with Crippen molar-refractivity contribution >= 4 is 5.78 Å². The van der Waals surface area contributed by atoms with Gasteiger partial charge in [-0.1, -0.05) is 44.2 Å². The lowest BCUT2D eigenvalue weighted by Crippen LogP contribution is -2.25. The van der Waals surface area contributed by atoms with E-state index in [0.717, 1.165) is 13.0 Å². The minimum Gasteiger partial charge on any atom is -0.314 e. The van der Waals surface area contributed by atoms with Gasteiger partial charge in [0.2, 0.25) is 0 Å². The third-order valence-corrected chi connectivity index (χ3v) is 2.49. The van der Waals surface area contributed by atoms with E-state index < -0.39 is 0 Å². The van der Waals surface area contributed by atoms with E-state index in [9.17, 15) is 4.79 Å². The molecule has 2 nitrogen and oxygen atoms in total. The Morgan fingerprint density at radius 1 is 1.19 bits per heavy atom. The van der Waals surface area contributed by atoms with Crippen LogP contribution in [0.15, 0.2) is 30.3 Å². The first-order valence-corrected chi connectivity index (χ1v) is 5.97. The van der Waals surface area contributed by atoms with Crippen molar-refractivity contribution in [2.24, 2.45) is 0 Å². The molecule has 0 amide bonds. The summed E-state index contributed by atoms with van der Waals surface area (Å²) >= 11 is 0. The quantitative estimate of drug-likeness (QED) is 0.763. The molecule has 0 radical (unpaired) electrons. The van der Waals surface area contributed by atoms with Crippen molar-refractivity contribution in [1.82, 2.24) is 5.32 Å². The van der Waals surface area contributed by atoms with Gasteiger partial charge in [-0.25, -0.2) is 0 Å². The number of benzene rings is 1. The average molecular weight is 219 g/mol. The summed E-state index contributed by atoms with van der Waals surface area (Å²) in [6, 6.07) is 10.6. The highest BCUT2D eigenvalue weighted by Gasteiger charge is 2.02. The molecule has 2 heteroatoms. The predicted molar refractivity (Wildman–Crippen MR) is 67.5 cm³/mol. The number of carbonyl (C=O) groups is 1. The van der Waals surface area contributed by atoms with Crippen molar-refractivity contribution in [3.05, 3.63) is 35.9 Å². The van der Waals surface area contributed by atoms with E-state index in [1.54, 1.807) is 0 Å². The molecule has 1 aromatic rings. The monoisotopic (exact) mass is 219 g/mol. The fourth-order valence-electron chi connectivity index (χ4n) is 1.55. The Hall–Kier alpha value is -1.15. The zero-order chi connectivity index (χ0) is 11.8. The van der Waals surface area contributed by atoms with Crippen LogP contribution in [-0.4, -0.2) is 18.4 Å². The van der Waals surface area contributed by atoms with Crippen LogP contribution in [0, 0.1) is 0 Å². The maximum absolute atomic E-state index is 11.6. The molecule has 0 unspecified atom stereocenters. The van der Waals surface area contributed by atoms with Crippen molar-refractivity contribution in [1.29, 1.82) is 0 Å². The first-order valence-electron chi connectivity index (χ1n) is 5.97. The van der Waals surface area contributed by atoms with Crippen LogP contribution < -0.4 is 5.32 Å². The van der Waals surface area contributed by atoms with E-state index in [1.165, 1.54) is 5.56 Å². The number of Topliss-reactive ketones (excluding diaryl/α,β-unsaturated/α-hetero) is 1. The van der Waals surface area contributed by atoms with Gasteiger partial charge in [0, 0.05) is 25.4 Å². The van der Waals surface area contributed by atoms with Crippen LogP contribution in [0.3, 0.4) is 0 Å². The molecule has 0 aliphatic carbocycles. The van der Waals surface area contributed by atoms with Crippen LogP contribution in [0.5, 0.6) is 0 Å². The standard InChI is InChI=1S/C14H21NO/c1-12(2)15-11-10-14(16)9-8-13-6-4-3-5-7-13/h3-7,12,15H,8-11H2,1-2H3. The normalized spacial score (nSPS) is 10.7. The SMILES string of the molecule is CC(C)NCCC(=O)CCc1ccccc1. The summed E-state index contributed by atoms with van der Waals surface area (Å²) in [6.45, 7) is 4.98. The Bertz CT molecular complexity index is 306. The third-order valence-electron chi connectivity index (χ3n) is 2.49. The molecule has 0 fully saturated rings. The number of nitrogens with one attached hydrogen (secondary N) is 1. The van der Waals surface area contributed by atoms with Gasteiger partial charge in [0.05, 0.1) is 0 Å². The summed E-state index contributed by atoms with van der Waals surface area (Å²) in [7, 11) is 0. The van der Waals surface area contributed by atoms with E-state index in [-0.39, 0.29) is 0 Å². The van der Waals surface area contributed by atoms with Crippen LogP contribution in [0.1, 0.15) is 32.3 Å². The van der Waals surface area contributed by atoms with Gasteiger partial charge < -0.3 is 5.32 Å². The van der Waals surface area contributed by atoms with Crippen LogP contribution in [-0.2, 0) is 11.2 Å². The Morgan fingerprint density at radius 2 is 1.88 bits per heavy atom. The van der Waals surface area contributed by atoms with E-state index >= 15 is 0 Å². The van der Waals surface area contributed by atoms with Crippen molar-refractivity contribution in [2.75, 3.05) is 6.54 Å². The molecule has 1 N–H and O–H groups in total. The molecule has 0 saturated heterocycles. The molecule has 0 aliphatic rings. The Balaban J connectivity index is 2.16. The first-order chi connectivity index (χ1) is 7.68. The maximum Gasteiger partial charge on any atom is 0.134 e. The van der Waals surface area contributed by atoms with Gasteiger partial charge in [-0.3, -0.25) is 4.79 Å². The fourth-order valence-corrected chi connectivity index (χ4v) is 1.55. The van der Waals surface area contributed by atoms with Gasteiger partial charge >= 0.3 is 0 Å². The molecule has 0 aliphatic heterocycles. The lowest BCUT2D eigenvalue weighted by atomic mass is 10.1. The number of carbonyl (C=O) groups excluding carboxylic acids is 1. The molecule has 16 heavy (non-hydrogen) atoms. The summed E-state index contributed by atoms with van der Waals surface area (Å²) in [5, 5.41) is 3.25. The lowest BCUT2D eigenvalue weighted by Gasteiger charge is -2.07. The van der Waals surface area contributed by atoms with Crippen molar-refractivity contribution in [3.8, 4) is 0 Å². The summed E-state index contributed by atoms with van der Waals surface area (Å²) < 4.78 is 0. The third kappa shape index (κ3) is 5.66. The number of hydrogen-bond donors (Lipinski definition) is 1. The number of aryl methyl sites for hydroxylation is 1. The lowest BCUT2D eigenvalue weighted by molar-refractivity contribution is -0.118. The minimum atomic E-state index is 0.344. The molecule has 0 saturated carbocycles.